The molecular formula is C22H27ClN2O3. The first-order valence-electron chi connectivity index (χ1n) is 9.62. The number of ether oxygens (including phenoxy) is 1. The summed E-state index contributed by atoms with van der Waals surface area (Å²) in [4.78, 5) is 18.8. The van der Waals surface area contributed by atoms with Gasteiger partial charge in [0.25, 0.3) is 5.91 Å². The largest absolute Gasteiger partial charge is 0.491 e. The molecule has 0 radical (unpaired) electrons. The van der Waals surface area contributed by atoms with Crippen LogP contribution in [0.5, 0.6) is 5.75 Å². The van der Waals surface area contributed by atoms with E-state index in [1.54, 1.807) is 23.2 Å². The standard InChI is InChI=1S/C22H27ClN2O3/c1-15-12-18(13-16(2)20(15)23)28-14-22(27)7-5-10-25(11-8-22)21(26)19-6-4-9-24-17(19)3/h4,6,9,12-13,27H,5,7-8,10-11,14H2,1-3H3. The Bertz CT molecular complexity index is 848. The highest BCUT2D eigenvalue weighted by atomic mass is 35.5. The lowest BCUT2D eigenvalue weighted by atomic mass is 9.96. The van der Waals surface area contributed by atoms with E-state index in [9.17, 15) is 9.90 Å². The van der Waals surface area contributed by atoms with E-state index in [2.05, 4.69) is 4.98 Å². The second kappa shape index (κ2) is 8.50. The topological polar surface area (TPSA) is 62.7 Å². The average Bonchev–Trinajstić information content (AvgIpc) is 2.86. The summed E-state index contributed by atoms with van der Waals surface area (Å²) in [6.07, 6.45) is 3.48. The molecule has 3 rings (SSSR count). The summed E-state index contributed by atoms with van der Waals surface area (Å²) in [6, 6.07) is 7.35. The van der Waals surface area contributed by atoms with Crippen molar-refractivity contribution < 1.29 is 14.6 Å². The molecule has 1 saturated heterocycles. The molecule has 1 amide bonds. The summed E-state index contributed by atoms with van der Waals surface area (Å²) in [5, 5.41) is 11.8. The minimum atomic E-state index is -0.958. The number of pyridine rings is 1. The van der Waals surface area contributed by atoms with Crippen molar-refractivity contribution in [3.8, 4) is 5.75 Å². The summed E-state index contributed by atoms with van der Waals surface area (Å²) < 4.78 is 5.90. The lowest BCUT2D eigenvalue weighted by Crippen LogP contribution is -2.38. The fourth-order valence-electron chi connectivity index (χ4n) is 3.61. The van der Waals surface area contributed by atoms with Gasteiger partial charge < -0.3 is 14.7 Å². The lowest BCUT2D eigenvalue weighted by Gasteiger charge is -2.27. The van der Waals surface area contributed by atoms with Crippen LogP contribution >= 0.6 is 11.6 Å². The van der Waals surface area contributed by atoms with Crippen molar-refractivity contribution in [1.82, 2.24) is 9.88 Å². The van der Waals surface area contributed by atoms with E-state index < -0.39 is 5.60 Å². The van der Waals surface area contributed by atoms with Gasteiger partial charge >= 0.3 is 0 Å². The van der Waals surface area contributed by atoms with Gasteiger partial charge in [-0.15, -0.1) is 0 Å². The van der Waals surface area contributed by atoms with Crippen molar-refractivity contribution in [1.29, 1.82) is 0 Å². The number of nitrogens with zero attached hydrogens (tertiary/aromatic N) is 2. The number of amides is 1. The third-order valence-electron chi connectivity index (χ3n) is 5.36. The van der Waals surface area contributed by atoms with Gasteiger partial charge in [0.15, 0.2) is 0 Å². The molecule has 2 aromatic rings. The number of rotatable bonds is 4. The van der Waals surface area contributed by atoms with Gasteiger partial charge in [-0.1, -0.05) is 11.6 Å². The predicted octanol–water partition coefficient (Wildman–Crippen LogP) is 4.10. The summed E-state index contributed by atoms with van der Waals surface area (Å²) in [6.45, 7) is 7.02. The zero-order valence-electron chi connectivity index (χ0n) is 16.7. The molecule has 1 unspecified atom stereocenters. The SMILES string of the molecule is Cc1cc(OCC2(O)CCCN(C(=O)c3cccnc3C)CC2)cc(C)c1Cl. The van der Waals surface area contributed by atoms with Crippen LogP contribution in [0.3, 0.4) is 0 Å². The van der Waals surface area contributed by atoms with Crippen LogP contribution < -0.4 is 4.74 Å². The van der Waals surface area contributed by atoms with Crippen LogP contribution in [-0.4, -0.2) is 46.2 Å². The maximum absolute atomic E-state index is 12.8. The molecule has 1 fully saturated rings. The fraction of sp³-hybridized carbons (Fsp3) is 0.455. The minimum Gasteiger partial charge on any atom is -0.491 e. The average molecular weight is 403 g/mol. The van der Waals surface area contributed by atoms with Gasteiger partial charge in [-0.2, -0.15) is 0 Å². The van der Waals surface area contributed by atoms with E-state index in [4.69, 9.17) is 16.3 Å². The minimum absolute atomic E-state index is 0.0280. The Balaban J connectivity index is 1.64. The Hall–Kier alpha value is -2.11. The van der Waals surface area contributed by atoms with Crippen LogP contribution in [0, 0.1) is 20.8 Å². The Morgan fingerprint density at radius 3 is 2.64 bits per heavy atom. The maximum Gasteiger partial charge on any atom is 0.255 e. The zero-order valence-corrected chi connectivity index (χ0v) is 17.4. The number of carbonyl (C=O) groups is 1. The number of aliphatic hydroxyl groups is 1. The number of hydrogen-bond donors (Lipinski definition) is 1. The molecule has 0 bridgehead atoms. The van der Waals surface area contributed by atoms with Crippen molar-refractivity contribution in [3.05, 3.63) is 57.9 Å². The molecule has 1 N–H and O–H groups in total. The third-order valence-corrected chi connectivity index (χ3v) is 5.96. The lowest BCUT2D eigenvalue weighted by molar-refractivity contribution is -0.0163. The van der Waals surface area contributed by atoms with Gasteiger partial charge in [0, 0.05) is 30.0 Å². The van der Waals surface area contributed by atoms with Gasteiger partial charge in [0.2, 0.25) is 0 Å². The summed E-state index contributed by atoms with van der Waals surface area (Å²) in [7, 11) is 0. The Morgan fingerprint density at radius 1 is 1.25 bits per heavy atom. The summed E-state index contributed by atoms with van der Waals surface area (Å²) >= 11 is 6.21. The van der Waals surface area contributed by atoms with E-state index in [0.717, 1.165) is 28.3 Å². The molecule has 1 aromatic carbocycles. The number of likely N-dealkylation sites (tertiary alicyclic amines) is 1. The number of aryl methyl sites for hydroxylation is 3. The van der Waals surface area contributed by atoms with Crippen molar-refractivity contribution >= 4 is 17.5 Å². The predicted molar refractivity (Wildman–Crippen MR) is 110 cm³/mol. The van der Waals surface area contributed by atoms with Crippen molar-refractivity contribution in [2.45, 2.75) is 45.6 Å². The Kier molecular flexibility index (Phi) is 6.26. The van der Waals surface area contributed by atoms with Crippen molar-refractivity contribution in [2.75, 3.05) is 19.7 Å². The van der Waals surface area contributed by atoms with E-state index in [-0.39, 0.29) is 12.5 Å². The number of benzene rings is 1. The monoisotopic (exact) mass is 402 g/mol. The highest BCUT2D eigenvalue weighted by molar-refractivity contribution is 6.32. The summed E-state index contributed by atoms with van der Waals surface area (Å²) in [5.74, 6) is 0.677. The van der Waals surface area contributed by atoms with Crippen LogP contribution in [0.4, 0.5) is 0 Å². The third kappa shape index (κ3) is 4.65. The molecule has 28 heavy (non-hydrogen) atoms. The molecule has 5 nitrogen and oxygen atoms in total. The quantitative estimate of drug-likeness (QED) is 0.836. The van der Waals surface area contributed by atoms with Crippen molar-refractivity contribution in [2.24, 2.45) is 0 Å². The van der Waals surface area contributed by atoms with Crippen LogP contribution in [0.2, 0.25) is 5.02 Å². The van der Waals surface area contributed by atoms with Gasteiger partial charge in [-0.3, -0.25) is 9.78 Å². The molecule has 2 heterocycles. The van der Waals surface area contributed by atoms with E-state index in [1.807, 2.05) is 32.9 Å². The number of carbonyl (C=O) groups excluding carboxylic acids is 1. The van der Waals surface area contributed by atoms with Gasteiger partial charge in [-0.25, -0.2) is 0 Å². The van der Waals surface area contributed by atoms with Crippen LogP contribution in [0.1, 0.15) is 46.4 Å². The normalized spacial score (nSPS) is 20.0. The zero-order chi connectivity index (χ0) is 20.3. The van der Waals surface area contributed by atoms with Crippen molar-refractivity contribution in [3.63, 3.8) is 0 Å². The first-order chi connectivity index (χ1) is 13.3. The molecule has 1 atom stereocenters. The molecule has 0 spiro atoms. The number of halogens is 1. The van der Waals surface area contributed by atoms with Gasteiger partial charge in [0.1, 0.15) is 18.0 Å². The molecule has 1 aliphatic heterocycles. The van der Waals surface area contributed by atoms with Crippen LogP contribution in [0.15, 0.2) is 30.5 Å². The fourth-order valence-corrected chi connectivity index (χ4v) is 3.72. The molecule has 0 aliphatic carbocycles. The Labute approximate surface area is 171 Å². The van der Waals surface area contributed by atoms with E-state index in [0.29, 0.717) is 37.2 Å². The first kappa shape index (κ1) is 20.6. The molecular weight excluding hydrogens is 376 g/mol. The van der Waals surface area contributed by atoms with Gasteiger partial charge in [0.05, 0.1) is 5.56 Å². The Morgan fingerprint density at radius 2 is 1.96 bits per heavy atom. The number of aromatic nitrogens is 1. The molecule has 150 valence electrons. The molecule has 1 aromatic heterocycles. The molecule has 0 saturated carbocycles. The summed E-state index contributed by atoms with van der Waals surface area (Å²) in [5.41, 5.74) is 2.29. The van der Waals surface area contributed by atoms with E-state index in [1.165, 1.54) is 0 Å². The second-order valence-corrected chi connectivity index (χ2v) is 8.04. The molecule has 6 heteroatoms. The first-order valence-corrected chi connectivity index (χ1v) is 10.00. The van der Waals surface area contributed by atoms with E-state index >= 15 is 0 Å². The van der Waals surface area contributed by atoms with Crippen LogP contribution in [0.25, 0.3) is 0 Å². The maximum atomic E-state index is 12.8. The highest BCUT2D eigenvalue weighted by Crippen LogP contribution is 2.28. The van der Waals surface area contributed by atoms with Gasteiger partial charge in [-0.05, 0) is 75.4 Å². The number of hydrogen-bond acceptors (Lipinski definition) is 4. The smallest absolute Gasteiger partial charge is 0.255 e. The highest BCUT2D eigenvalue weighted by Gasteiger charge is 2.33. The second-order valence-electron chi connectivity index (χ2n) is 7.67. The van der Waals surface area contributed by atoms with Crippen LogP contribution in [-0.2, 0) is 0 Å². The molecule has 1 aliphatic rings.